The van der Waals surface area contributed by atoms with Gasteiger partial charge in [-0.25, -0.2) is 0 Å². The second-order valence-electron chi connectivity index (χ2n) is 7.84. The van der Waals surface area contributed by atoms with Crippen molar-refractivity contribution in [3.63, 3.8) is 0 Å². The van der Waals surface area contributed by atoms with Gasteiger partial charge >= 0.3 is 0 Å². The van der Waals surface area contributed by atoms with E-state index in [4.69, 9.17) is 0 Å². The number of nitrogens with zero attached hydrogens (tertiary/aromatic N) is 2. The van der Waals surface area contributed by atoms with Crippen LogP contribution in [0.25, 0.3) is 0 Å². The number of hydrogen-bond donors (Lipinski definition) is 2. The molecule has 2 N–H and O–H groups in total. The lowest BCUT2D eigenvalue weighted by molar-refractivity contribution is -0.124. The summed E-state index contributed by atoms with van der Waals surface area (Å²) in [5, 5.41) is 13.4. The second kappa shape index (κ2) is 9.38. The van der Waals surface area contributed by atoms with Gasteiger partial charge in [0.05, 0.1) is 18.7 Å². The van der Waals surface area contributed by atoms with Gasteiger partial charge in [0.1, 0.15) is 0 Å². The molecular weight excluding hydrogens is 326 g/mol. The van der Waals surface area contributed by atoms with Crippen LogP contribution in [0.3, 0.4) is 0 Å². The van der Waals surface area contributed by atoms with E-state index in [9.17, 15) is 9.90 Å². The summed E-state index contributed by atoms with van der Waals surface area (Å²) in [5.41, 5.74) is 2.55. The van der Waals surface area contributed by atoms with Gasteiger partial charge in [0.25, 0.3) is 0 Å². The zero-order chi connectivity index (χ0) is 18.4. The topological polar surface area (TPSA) is 55.8 Å². The number of benzene rings is 1. The number of nitrogens with one attached hydrogen (secondary N) is 1. The largest absolute Gasteiger partial charge is 0.391 e. The molecule has 1 amide bonds. The Morgan fingerprint density at radius 3 is 2.58 bits per heavy atom. The Morgan fingerprint density at radius 2 is 1.85 bits per heavy atom. The number of rotatable bonds is 4. The molecule has 5 heteroatoms. The Balaban J connectivity index is 1.44. The highest BCUT2D eigenvalue weighted by molar-refractivity contribution is 5.78. The predicted molar refractivity (Wildman–Crippen MR) is 105 cm³/mol. The maximum absolute atomic E-state index is 12.4. The molecule has 26 heavy (non-hydrogen) atoms. The van der Waals surface area contributed by atoms with Gasteiger partial charge in [-0.15, -0.1) is 0 Å². The molecule has 0 radical (unpaired) electrons. The first-order chi connectivity index (χ1) is 12.6. The van der Waals surface area contributed by atoms with E-state index in [0.717, 1.165) is 51.9 Å². The van der Waals surface area contributed by atoms with Crippen LogP contribution in [0.5, 0.6) is 0 Å². The van der Waals surface area contributed by atoms with E-state index in [1.54, 1.807) is 0 Å². The fraction of sp³-hybridized carbons (Fsp3) is 0.667. The number of aliphatic hydroxyl groups excluding tert-OH is 1. The molecule has 0 unspecified atom stereocenters. The molecule has 0 spiro atoms. The number of carbonyl (C=O) groups is 1. The first-order valence-electron chi connectivity index (χ1n) is 10.1. The molecule has 3 rings (SSSR count). The Bertz CT molecular complexity index is 584. The Kier molecular flexibility index (Phi) is 6.92. The predicted octanol–water partition coefficient (Wildman–Crippen LogP) is 2.32. The SMILES string of the molecule is Cc1cccc(N2CCN(CC(=O)N[C@H]3CCCCCC[C@@H]3O)CC2)c1. The molecule has 1 heterocycles. The third-order valence-corrected chi connectivity index (χ3v) is 5.68. The standard InChI is InChI=1S/C21H33N3O2/c1-17-7-6-8-18(15-17)24-13-11-23(12-14-24)16-21(26)22-19-9-4-2-3-5-10-20(19)25/h6-8,15,19-20,25H,2-5,9-14,16H2,1H3,(H,22,26)/t19-,20-/m0/s1. The van der Waals surface area contributed by atoms with Crippen LogP contribution < -0.4 is 10.2 Å². The maximum Gasteiger partial charge on any atom is 0.234 e. The normalized spacial score (nSPS) is 25.4. The summed E-state index contributed by atoms with van der Waals surface area (Å²) in [5.74, 6) is 0.0543. The van der Waals surface area contributed by atoms with Gasteiger partial charge in [-0.3, -0.25) is 9.69 Å². The molecule has 1 aliphatic heterocycles. The summed E-state index contributed by atoms with van der Waals surface area (Å²) >= 11 is 0. The van der Waals surface area contributed by atoms with Crippen molar-refractivity contribution in [3.05, 3.63) is 29.8 Å². The Morgan fingerprint density at radius 1 is 1.12 bits per heavy atom. The number of piperazine rings is 1. The van der Waals surface area contributed by atoms with Crippen LogP contribution in [-0.4, -0.2) is 60.8 Å². The van der Waals surface area contributed by atoms with Crippen molar-refractivity contribution in [2.75, 3.05) is 37.6 Å². The van der Waals surface area contributed by atoms with E-state index < -0.39 is 6.10 Å². The van der Waals surface area contributed by atoms with Crippen LogP contribution in [0.1, 0.15) is 44.1 Å². The molecule has 2 atom stereocenters. The van der Waals surface area contributed by atoms with Crippen LogP contribution in [0, 0.1) is 6.92 Å². The van der Waals surface area contributed by atoms with Gasteiger partial charge in [0, 0.05) is 31.9 Å². The molecule has 1 aromatic rings. The molecule has 1 aromatic carbocycles. The zero-order valence-electron chi connectivity index (χ0n) is 16.0. The van der Waals surface area contributed by atoms with Crippen molar-refractivity contribution in [2.45, 2.75) is 57.6 Å². The van der Waals surface area contributed by atoms with Crippen molar-refractivity contribution >= 4 is 11.6 Å². The van der Waals surface area contributed by atoms with Crippen LogP contribution in [0.2, 0.25) is 0 Å². The fourth-order valence-electron chi connectivity index (χ4n) is 4.08. The number of carbonyl (C=O) groups excluding carboxylic acids is 1. The van der Waals surface area contributed by atoms with Gasteiger partial charge in [0.15, 0.2) is 0 Å². The fourth-order valence-corrected chi connectivity index (χ4v) is 4.08. The summed E-state index contributed by atoms with van der Waals surface area (Å²) < 4.78 is 0. The van der Waals surface area contributed by atoms with Crippen molar-refractivity contribution in [1.82, 2.24) is 10.2 Å². The van der Waals surface area contributed by atoms with E-state index in [-0.39, 0.29) is 11.9 Å². The number of aliphatic hydroxyl groups is 1. The molecule has 1 saturated heterocycles. The molecule has 2 aliphatic rings. The van der Waals surface area contributed by atoms with Gasteiger partial charge in [-0.1, -0.05) is 37.8 Å². The minimum atomic E-state index is -0.391. The van der Waals surface area contributed by atoms with Crippen LogP contribution >= 0.6 is 0 Å². The highest BCUT2D eigenvalue weighted by atomic mass is 16.3. The van der Waals surface area contributed by atoms with Crippen LogP contribution in [0.15, 0.2) is 24.3 Å². The van der Waals surface area contributed by atoms with E-state index >= 15 is 0 Å². The first-order valence-corrected chi connectivity index (χ1v) is 10.1. The summed E-state index contributed by atoms with van der Waals surface area (Å²) in [7, 11) is 0. The molecule has 0 aromatic heterocycles. The van der Waals surface area contributed by atoms with Crippen LogP contribution in [0.4, 0.5) is 5.69 Å². The third kappa shape index (κ3) is 5.45. The number of amides is 1. The highest BCUT2D eigenvalue weighted by Crippen LogP contribution is 2.19. The summed E-state index contributed by atoms with van der Waals surface area (Å²) in [6.45, 7) is 6.24. The smallest absolute Gasteiger partial charge is 0.234 e. The van der Waals surface area contributed by atoms with E-state index in [0.29, 0.717) is 6.54 Å². The third-order valence-electron chi connectivity index (χ3n) is 5.68. The zero-order valence-corrected chi connectivity index (χ0v) is 16.0. The number of hydrogen-bond acceptors (Lipinski definition) is 4. The number of aryl methyl sites for hydroxylation is 1. The summed E-state index contributed by atoms with van der Waals surface area (Å²) in [4.78, 5) is 17.0. The van der Waals surface area contributed by atoms with Crippen molar-refractivity contribution < 1.29 is 9.90 Å². The lowest BCUT2D eigenvalue weighted by Gasteiger charge is -2.36. The lowest BCUT2D eigenvalue weighted by Crippen LogP contribution is -2.52. The van der Waals surface area contributed by atoms with Gasteiger partial charge in [-0.2, -0.15) is 0 Å². The molecular formula is C21H33N3O2. The Labute approximate surface area is 157 Å². The molecule has 5 nitrogen and oxygen atoms in total. The summed E-state index contributed by atoms with van der Waals surface area (Å²) in [6, 6.07) is 8.53. The van der Waals surface area contributed by atoms with E-state index in [1.807, 2.05) is 0 Å². The van der Waals surface area contributed by atoms with E-state index in [1.165, 1.54) is 24.1 Å². The molecule has 1 aliphatic carbocycles. The molecule has 0 bridgehead atoms. The maximum atomic E-state index is 12.4. The average molecular weight is 360 g/mol. The quantitative estimate of drug-likeness (QED) is 0.866. The minimum Gasteiger partial charge on any atom is -0.391 e. The first kappa shape index (κ1) is 19.2. The second-order valence-corrected chi connectivity index (χ2v) is 7.84. The average Bonchev–Trinajstić information content (AvgIpc) is 2.62. The lowest BCUT2D eigenvalue weighted by atomic mass is 9.94. The number of anilines is 1. The summed E-state index contributed by atoms with van der Waals surface area (Å²) in [6.07, 6.45) is 5.88. The molecule has 1 saturated carbocycles. The Hall–Kier alpha value is -1.59. The van der Waals surface area contributed by atoms with Gasteiger partial charge < -0.3 is 15.3 Å². The minimum absolute atomic E-state index is 0.0543. The highest BCUT2D eigenvalue weighted by Gasteiger charge is 2.24. The van der Waals surface area contributed by atoms with Crippen molar-refractivity contribution in [3.8, 4) is 0 Å². The van der Waals surface area contributed by atoms with Crippen LogP contribution in [-0.2, 0) is 4.79 Å². The van der Waals surface area contributed by atoms with Gasteiger partial charge in [0.2, 0.25) is 5.91 Å². The van der Waals surface area contributed by atoms with Gasteiger partial charge in [-0.05, 0) is 37.5 Å². The van der Waals surface area contributed by atoms with Crippen molar-refractivity contribution in [2.24, 2.45) is 0 Å². The molecule has 144 valence electrons. The van der Waals surface area contributed by atoms with E-state index in [2.05, 4.69) is 46.3 Å². The van der Waals surface area contributed by atoms with Crippen molar-refractivity contribution in [1.29, 1.82) is 0 Å². The molecule has 2 fully saturated rings. The monoisotopic (exact) mass is 359 g/mol.